The summed E-state index contributed by atoms with van der Waals surface area (Å²) in [6.45, 7) is 6.57. The standard InChI is InChI=1S/C21H27ClFN5O3/c1-14-11-19(25-31-14)24-20(29)13-27-7-9-28(10-8-27)15(2)21(30)26(3)12-16-17(22)5-4-6-18(16)23/h4-6,11,15H,7-10,12-13H2,1-3H3,(H,24,25,29). The van der Waals surface area contributed by atoms with Crippen molar-refractivity contribution in [3.05, 3.63) is 46.4 Å². The molecule has 0 bridgehead atoms. The third-order valence-corrected chi connectivity index (χ3v) is 5.76. The van der Waals surface area contributed by atoms with Crippen LogP contribution in [-0.2, 0) is 16.1 Å². The van der Waals surface area contributed by atoms with Crippen LogP contribution in [0.4, 0.5) is 10.2 Å². The van der Waals surface area contributed by atoms with Crippen molar-refractivity contribution < 1.29 is 18.5 Å². The van der Waals surface area contributed by atoms with Crippen molar-refractivity contribution in [3.63, 3.8) is 0 Å². The maximum atomic E-state index is 14.0. The molecule has 1 unspecified atom stereocenters. The highest BCUT2D eigenvalue weighted by atomic mass is 35.5. The fourth-order valence-electron chi connectivity index (χ4n) is 3.59. The predicted octanol–water partition coefficient (Wildman–Crippen LogP) is 2.38. The third-order valence-electron chi connectivity index (χ3n) is 5.41. The molecule has 1 aliphatic rings. The number of nitrogens with zero attached hydrogens (tertiary/aromatic N) is 4. The fraction of sp³-hybridized carbons (Fsp3) is 0.476. The van der Waals surface area contributed by atoms with Crippen LogP contribution in [0.15, 0.2) is 28.8 Å². The van der Waals surface area contributed by atoms with Gasteiger partial charge in [0.05, 0.1) is 12.6 Å². The molecule has 1 atom stereocenters. The zero-order valence-electron chi connectivity index (χ0n) is 17.9. The SMILES string of the molecule is Cc1cc(NC(=O)CN2CCN(C(C)C(=O)N(C)Cc3c(F)cccc3Cl)CC2)no1. The van der Waals surface area contributed by atoms with Gasteiger partial charge in [0.15, 0.2) is 5.82 Å². The molecule has 2 aromatic rings. The molecule has 0 radical (unpaired) electrons. The zero-order chi connectivity index (χ0) is 22.5. The first-order chi connectivity index (χ1) is 14.7. The van der Waals surface area contributed by atoms with Gasteiger partial charge in [0.1, 0.15) is 11.6 Å². The van der Waals surface area contributed by atoms with Gasteiger partial charge in [-0.15, -0.1) is 0 Å². The minimum Gasteiger partial charge on any atom is -0.360 e. The van der Waals surface area contributed by atoms with E-state index in [9.17, 15) is 14.0 Å². The Hall–Kier alpha value is -2.49. The molecular formula is C21H27ClFN5O3. The summed E-state index contributed by atoms with van der Waals surface area (Å²) >= 11 is 6.08. The van der Waals surface area contributed by atoms with E-state index in [-0.39, 0.29) is 30.9 Å². The molecular weight excluding hydrogens is 425 g/mol. The Bertz CT molecular complexity index is 909. The van der Waals surface area contributed by atoms with Crippen molar-refractivity contribution in [2.45, 2.75) is 26.4 Å². The second kappa shape index (κ2) is 10.2. The van der Waals surface area contributed by atoms with Gasteiger partial charge in [-0.05, 0) is 26.0 Å². The largest absolute Gasteiger partial charge is 0.360 e. The number of piperazine rings is 1. The number of carbonyl (C=O) groups excluding carboxylic acids is 2. The summed E-state index contributed by atoms with van der Waals surface area (Å²) in [4.78, 5) is 30.6. The number of aromatic nitrogens is 1. The normalized spacial score (nSPS) is 16.2. The number of anilines is 1. The van der Waals surface area contributed by atoms with Crippen LogP contribution in [0, 0.1) is 12.7 Å². The van der Waals surface area contributed by atoms with Gasteiger partial charge in [-0.1, -0.05) is 22.8 Å². The molecule has 1 saturated heterocycles. The average molecular weight is 452 g/mol. The maximum Gasteiger partial charge on any atom is 0.239 e. The smallest absolute Gasteiger partial charge is 0.239 e. The molecule has 1 fully saturated rings. The monoisotopic (exact) mass is 451 g/mol. The molecule has 1 aromatic carbocycles. The Labute approximate surface area is 185 Å². The number of nitrogens with one attached hydrogen (secondary N) is 1. The van der Waals surface area contributed by atoms with Crippen molar-refractivity contribution in [1.82, 2.24) is 19.9 Å². The number of hydrogen-bond acceptors (Lipinski definition) is 6. The summed E-state index contributed by atoms with van der Waals surface area (Å²) in [5, 5.41) is 6.77. The predicted molar refractivity (Wildman–Crippen MR) is 115 cm³/mol. The highest BCUT2D eigenvalue weighted by Crippen LogP contribution is 2.21. The van der Waals surface area contributed by atoms with Crippen molar-refractivity contribution >= 4 is 29.2 Å². The number of rotatable bonds is 7. The minimum absolute atomic E-state index is 0.105. The highest BCUT2D eigenvalue weighted by molar-refractivity contribution is 6.31. The number of benzene rings is 1. The lowest BCUT2D eigenvalue weighted by Crippen LogP contribution is -2.54. The van der Waals surface area contributed by atoms with E-state index >= 15 is 0 Å². The maximum absolute atomic E-state index is 14.0. The first-order valence-electron chi connectivity index (χ1n) is 10.1. The van der Waals surface area contributed by atoms with Crippen molar-refractivity contribution in [2.24, 2.45) is 0 Å². The van der Waals surface area contributed by atoms with E-state index in [1.165, 1.54) is 17.0 Å². The van der Waals surface area contributed by atoms with Gasteiger partial charge < -0.3 is 14.7 Å². The number of amides is 2. The lowest BCUT2D eigenvalue weighted by molar-refractivity contribution is -0.136. The molecule has 0 spiro atoms. The van der Waals surface area contributed by atoms with Crippen LogP contribution in [0.2, 0.25) is 5.02 Å². The van der Waals surface area contributed by atoms with E-state index in [4.69, 9.17) is 16.1 Å². The molecule has 2 heterocycles. The molecule has 1 aromatic heterocycles. The Morgan fingerprint density at radius 3 is 2.65 bits per heavy atom. The van der Waals surface area contributed by atoms with Gasteiger partial charge in [0.2, 0.25) is 11.8 Å². The molecule has 10 heteroatoms. The highest BCUT2D eigenvalue weighted by Gasteiger charge is 2.28. The van der Waals surface area contributed by atoms with Crippen molar-refractivity contribution in [2.75, 3.05) is 45.1 Å². The van der Waals surface area contributed by atoms with E-state index in [2.05, 4.69) is 15.4 Å². The third kappa shape index (κ3) is 6.03. The first kappa shape index (κ1) is 23.2. The molecule has 1 aliphatic heterocycles. The fourth-order valence-corrected chi connectivity index (χ4v) is 3.82. The van der Waals surface area contributed by atoms with E-state index in [0.717, 1.165) is 0 Å². The van der Waals surface area contributed by atoms with Crippen LogP contribution in [0.3, 0.4) is 0 Å². The summed E-state index contributed by atoms with van der Waals surface area (Å²) < 4.78 is 19.0. The summed E-state index contributed by atoms with van der Waals surface area (Å²) in [7, 11) is 1.65. The summed E-state index contributed by atoms with van der Waals surface area (Å²) in [5.41, 5.74) is 0.311. The van der Waals surface area contributed by atoms with Gasteiger partial charge in [-0.25, -0.2) is 4.39 Å². The van der Waals surface area contributed by atoms with Crippen LogP contribution in [0.1, 0.15) is 18.2 Å². The molecule has 0 saturated carbocycles. The van der Waals surface area contributed by atoms with Gasteiger partial charge in [-0.3, -0.25) is 19.4 Å². The first-order valence-corrected chi connectivity index (χ1v) is 10.5. The molecule has 168 valence electrons. The Morgan fingerprint density at radius 2 is 2.03 bits per heavy atom. The number of halogens is 2. The molecule has 0 aliphatic carbocycles. The van der Waals surface area contributed by atoms with Crippen LogP contribution in [0.5, 0.6) is 0 Å². The van der Waals surface area contributed by atoms with E-state index in [0.29, 0.717) is 48.3 Å². The number of carbonyl (C=O) groups is 2. The summed E-state index contributed by atoms with van der Waals surface area (Å²) in [6, 6.07) is 5.79. The average Bonchev–Trinajstić information content (AvgIpc) is 3.14. The van der Waals surface area contributed by atoms with E-state index < -0.39 is 5.82 Å². The van der Waals surface area contributed by atoms with Crippen molar-refractivity contribution in [1.29, 1.82) is 0 Å². The van der Waals surface area contributed by atoms with Crippen LogP contribution in [0.25, 0.3) is 0 Å². The molecule has 8 nitrogen and oxygen atoms in total. The number of hydrogen-bond donors (Lipinski definition) is 1. The van der Waals surface area contributed by atoms with Crippen LogP contribution >= 0.6 is 11.6 Å². The number of likely N-dealkylation sites (N-methyl/N-ethyl adjacent to an activating group) is 1. The molecule has 1 N–H and O–H groups in total. The number of aryl methyl sites for hydroxylation is 1. The summed E-state index contributed by atoms with van der Waals surface area (Å²) in [5.74, 6) is 0.343. The second-order valence-electron chi connectivity index (χ2n) is 7.75. The quantitative estimate of drug-likeness (QED) is 0.696. The lowest BCUT2D eigenvalue weighted by Gasteiger charge is -2.38. The lowest BCUT2D eigenvalue weighted by atomic mass is 10.1. The second-order valence-corrected chi connectivity index (χ2v) is 8.16. The molecule has 3 rings (SSSR count). The topological polar surface area (TPSA) is 81.9 Å². The van der Waals surface area contributed by atoms with Gasteiger partial charge in [0.25, 0.3) is 0 Å². The Kier molecular flexibility index (Phi) is 7.64. The van der Waals surface area contributed by atoms with Crippen molar-refractivity contribution in [3.8, 4) is 0 Å². The Balaban J connectivity index is 1.47. The van der Waals surface area contributed by atoms with E-state index in [1.807, 2.05) is 11.8 Å². The van der Waals surface area contributed by atoms with Gasteiger partial charge in [0, 0.05) is 56.4 Å². The van der Waals surface area contributed by atoms with E-state index in [1.54, 1.807) is 26.1 Å². The van der Waals surface area contributed by atoms with Crippen LogP contribution in [-0.4, -0.2) is 77.5 Å². The van der Waals surface area contributed by atoms with Gasteiger partial charge in [-0.2, -0.15) is 0 Å². The Morgan fingerprint density at radius 1 is 1.32 bits per heavy atom. The van der Waals surface area contributed by atoms with Crippen LogP contribution < -0.4 is 5.32 Å². The zero-order valence-corrected chi connectivity index (χ0v) is 18.7. The minimum atomic E-state index is -0.424. The molecule has 31 heavy (non-hydrogen) atoms. The summed E-state index contributed by atoms with van der Waals surface area (Å²) in [6.07, 6.45) is 0. The molecule has 2 amide bonds. The van der Waals surface area contributed by atoms with Gasteiger partial charge >= 0.3 is 0 Å².